The van der Waals surface area contributed by atoms with E-state index in [1.807, 2.05) is 0 Å². The minimum atomic E-state index is -0.633. The van der Waals surface area contributed by atoms with Crippen molar-refractivity contribution in [2.75, 3.05) is 23.7 Å². The van der Waals surface area contributed by atoms with Crippen LogP contribution in [0, 0.1) is 20.2 Å². The zero-order valence-electron chi connectivity index (χ0n) is 15.8. The quantitative estimate of drug-likeness (QED) is 0.218. The topological polar surface area (TPSA) is 150 Å². The molecule has 2 rings (SSSR count). The van der Waals surface area contributed by atoms with Crippen molar-refractivity contribution in [3.05, 3.63) is 67.8 Å². The van der Waals surface area contributed by atoms with E-state index in [0.29, 0.717) is 24.2 Å². The first-order valence-corrected chi connectivity index (χ1v) is 10.4. The van der Waals surface area contributed by atoms with Gasteiger partial charge in [0.15, 0.2) is 12.6 Å². The number of benzene rings is 2. The number of nitrogens with zero attached hydrogens (tertiary/aromatic N) is 2. The largest absolute Gasteiger partial charge is 0.507 e. The van der Waals surface area contributed by atoms with Gasteiger partial charge >= 0.3 is 0 Å². The average molecular weight is 540 g/mol. The van der Waals surface area contributed by atoms with Gasteiger partial charge in [-0.1, -0.05) is 15.9 Å². The normalized spacial score (nSPS) is 9.26. The summed E-state index contributed by atoms with van der Waals surface area (Å²) in [5, 5.41) is 30.5. The Hall–Kier alpha value is -2.76. The fraction of sp³-hybridized carbons (Fsp3) is 0.222. The molecule has 0 bridgehead atoms. The number of phenols is 1. The van der Waals surface area contributed by atoms with Gasteiger partial charge in [-0.15, -0.1) is 23.2 Å². The van der Waals surface area contributed by atoms with Gasteiger partial charge < -0.3 is 9.84 Å². The van der Waals surface area contributed by atoms with Crippen LogP contribution in [0.2, 0.25) is 0 Å². The highest BCUT2D eigenvalue weighted by Gasteiger charge is 2.11. The molecule has 13 heteroatoms. The van der Waals surface area contributed by atoms with Gasteiger partial charge in [-0.2, -0.15) is 0 Å². The number of ether oxygens (including phenoxy) is 1. The lowest BCUT2D eigenvalue weighted by Crippen LogP contribution is -2.01. The number of nitro benzene ring substituents is 2. The van der Waals surface area contributed by atoms with E-state index < -0.39 is 9.85 Å². The van der Waals surface area contributed by atoms with Gasteiger partial charge in [0.05, 0.1) is 26.9 Å². The van der Waals surface area contributed by atoms with Gasteiger partial charge in [-0.05, 0) is 12.1 Å². The minimum Gasteiger partial charge on any atom is -0.507 e. The molecule has 31 heavy (non-hydrogen) atoms. The van der Waals surface area contributed by atoms with Crippen LogP contribution in [-0.2, 0) is 0 Å². The molecule has 0 radical (unpaired) electrons. The number of nitro groups is 2. The molecule has 0 unspecified atom stereocenters. The Morgan fingerprint density at radius 1 is 0.935 bits per heavy atom. The number of phenolic OH excluding ortho intramolecular Hbond substituents is 1. The summed E-state index contributed by atoms with van der Waals surface area (Å²) in [5.74, 6) is 1.04. The van der Waals surface area contributed by atoms with Crippen molar-refractivity contribution in [1.29, 1.82) is 0 Å². The number of carbonyl (C=O) groups is 2. The van der Waals surface area contributed by atoms with E-state index in [2.05, 4.69) is 15.9 Å². The molecule has 0 aliphatic heterocycles. The molecule has 0 aromatic heterocycles. The van der Waals surface area contributed by atoms with Crippen LogP contribution in [-0.4, -0.2) is 51.2 Å². The van der Waals surface area contributed by atoms with Crippen molar-refractivity contribution in [1.82, 2.24) is 0 Å². The first-order valence-electron chi connectivity index (χ1n) is 8.22. The standard InChI is InChI=1S/C9H8ClNO4.C7H5NO4.C2H4BrCl/c10-3-4-15-9-2-1-8(11(13)14)5-7(9)6-12;9-4-5-3-6(8(11)12)1-2-7(5)10;3-1-2-4/h1-2,5-6H,3-4H2;1-4,10H;1-2H2. The van der Waals surface area contributed by atoms with E-state index in [1.165, 1.54) is 12.1 Å². The predicted octanol–water partition coefficient (Wildman–Crippen LogP) is 4.76. The van der Waals surface area contributed by atoms with Gasteiger partial charge in [-0.3, -0.25) is 29.8 Å². The molecule has 2 aromatic rings. The van der Waals surface area contributed by atoms with Crippen LogP contribution in [0.15, 0.2) is 36.4 Å². The zero-order chi connectivity index (χ0) is 23.8. The van der Waals surface area contributed by atoms with E-state index in [4.69, 9.17) is 33.0 Å². The molecule has 2 aromatic carbocycles. The smallest absolute Gasteiger partial charge is 0.270 e. The molecule has 0 atom stereocenters. The Kier molecular flexibility index (Phi) is 14.6. The molecule has 0 spiro atoms. The lowest BCUT2D eigenvalue weighted by atomic mass is 10.2. The summed E-state index contributed by atoms with van der Waals surface area (Å²) < 4.78 is 5.13. The molecular formula is C18H17BrCl2N2O8. The second kappa shape index (κ2) is 16.0. The SMILES string of the molecule is ClCCBr.O=Cc1cc([N+](=O)[O-])ccc1O.O=Cc1cc([N+](=O)[O-])ccc1OCCCl. The van der Waals surface area contributed by atoms with Crippen LogP contribution in [0.4, 0.5) is 11.4 Å². The predicted molar refractivity (Wildman–Crippen MR) is 119 cm³/mol. The number of hydrogen-bond donors (Lipinski definition) is 1. The van der Waals surface area contributed by atoms with Crippen LogP contribution < -0.4 is 4.74 Å². The third-order valence-corrected chi connectivity index (χ3v) is 4.28. The molecule has 0 aliphatic carbocycles. The molecule has 0 saturated heterocycles. The monoisotopic (exact) mass is 538 g/mol. The minimum absolute atomic E-state index is 0.0794. The Labute approximate surface area is 195 Å². The maximum atomic E-state index is 10.6. The second-order valence-electron chi connectivity index (χ2n) is 5.13. The summed E-state index contributed by atoms with van der Waals surface area (Å²) in [7, 11) is 0. The molecular weight excluding hydrogens is 523 g/mol. The molecule has 0 saturated carbocycles. The summed E-state index contributed by atoms with van der Waals surface area (Å²) in [6.45, 7) is 0.250. The third-order valence-electron chi connectivity index (χ3n) is 3.09. The fourth-order valence-electron chi connectivity index (χ4n) is 1.77. The Bertz CT molecular complexity index is 897. The van der Waals surface area contributed by atoms with Gasteiger partial charge in [0.25, 0.3) is 11.4 Å². The fourth-order valence-corrected chi connectivity index (χ4v) is 1.85. The molecule has 1 N–H and O–H groups in total. The van der Waals surface area contributed by atoms with Crippen LogP contribution in [0.5, 0.6) is 11.5 Å². The second-order valence-corrected chi connectivity index (χ2v) is 6.68. The molecule has 0 amide bonds. The summed E-state index contributed by atoms with van der Waals surface area (Å²) in [6, 6.07) is 7.08. The summed E-state index contributed by atoms with van der Waals surface area (Å²) in [5.41, 5.74) is -0.288. The van der Waals surface area contributed by atoms with E-state index in [-0.39, 0.29) is 40.7 Å². The van der Waals surface area contributed by atoms with E-state index in [0.717, 1.165) is 29.6 Å². The number of rotatable bonds is 8. The number of alkyl halides is 3. The Balaban J connectivity index is 0.000000504. The molecule has 0 heterocycles. The van der Waals surface area contributed by atoms with E-state index in [1.54, 1.807) is 0 Å². The van der Waals surface area contributed by atoms with Crippen LogP contribution in [0.3, 0.4) is 0 Å². The van der Waals surface area contributed by atoms with E-state index in [9.17, 15) is 29.8 Å². The summed E-state index contributed by atoms with van der Waals surface area (Å²) in [6.07, 6.45) is 0.874. The molecule has 0 fully saturated rings. The van der Waals surface area contributed by atoms with Gasteiger partial charge in [-0.25, -0.2) is 0 Å². The maximum Gasteiger partial charge on any atom is 0.270 e. The average Bonchev–Trinajstić information content (AvgIpc) is 2.78. The third kappa shape index (κ3) is 10.7. The van der Waals surface area contributed by atoms with Crippen molar-refractivity contribution < 1.29 is 29.3 Å². The van der Waals surface area contributed by atoms with Gasteiger partial charge in [0.2, 0.25) is 0 Å². The number of hydrogen-bond acceptors (Lipinski definition) is 8. The summed E-state index contributed by atoms with van der Waals surface area (Å²) >= 11 is 13.7. The number of halogens is 3. The summed E-state index contributed by atoms with van der Waals surface area (Å²) in [4.78, 5) is 40.3. The van der Waals surface area contributed by atoms with Crippen molar-refractivity contribution in [2.45, 2.75) is 0 Å². The first kappa shape index (κ1) is 28.2. The molecule has 10 nitrogen and oxygen atoms in total. The lowest BCUT2D eigenvalue weighted by Gasteiger charge is -2.05. The van der Waals surface area contributed by atoms with Crippen LogP contribution >= 0.6 is 39.1 Å². The zero-order valence-corrected chi connectivity index (χ0v) is 18.9. The first-order chi connectivity index (χ1) is 14.7. The number of non-ortho nitro benzene ring substituents is 2. The highest BCUT2D eigenvalue weighted by atomic mass is 79.9. The highest BCUT2D eigenvalue weighted by Crippen LogP contribution is 2.23. The molecule has 0 aliphatic rings. The van der Waals surface area contributed by atoms with Crippen molar-refractivity contribution >= 4 is 63.1 Å². The highest BCUT2D eigenvalue weighted by molar-refractivity contribution is 9.09. The van der Waals surface area contributed by atoms with Gasteiger partial charge in [0.1, 0.15) is 18.1 Å². The van der Waals surface area contributed by atoms with E-state index >= 15 is 0 Å². The van der Waals surface area contributed by atoms with Crippen molar-refractivity contribution in [3.63, 3.8) is 0 Å². The van der Waals surface area contributed by atoms with Gasteiger partial charge in [0, 0.05) is 35.5 Å². The number of aromatic hydroxyl groups is 1. The lowest BCUT2D eigenvalue weighted by molar-refractivity contribution is -0.385. The van der Waals surface area contributed by atoms with Crippen molar-refractivity contribution in [2.24, 2.45) is 0 Å². The number of carbonyl (C=O) groups excluding carboxylic acids is 2. The maximum absolute atomic E-state index is 10.6. The van der Waals surface area contributed by atoms with Crippen molar-refractivity contribution in [3.8, 4) is 11.5 Å². The number of aldehydes is 2. The van der Waals surface area contributed by atoms with Crippen LogP contribution in [0.25, 0.3) is 0 Å². The Morgan fingerprint density at radius 2 is 1.42 bits per heavy atom. The van der Waals surface area contributed by atoms with Crippen LogP contribution in [0.1, 0.15) is 20.7 Å². The Morgan fingerprint density at radius 3 is 1.84 bits per heavy atom. The molecule has 168 valence electrons.